The molecule has 0 unspecified atom stereocenters. The summed E-state index contributed by atoms with van der Waals surface area (Å²) in [6.07, 6.45) is 0. The summed E-state index contributed by atoms with van der Waals surface area (Å²) in [4.78, 5) is 33.1. The normalized spacial score (nSPS) is 16.1. The molecule has 3 aromatic heterocycles. The van der Waals surface area contributed by atoms with Crippen molar-refractivity contribution in [2.75, 3.05) is 31.1 Å². The predicted molar refractivity (Wildman–Crippen MR) is 124 cm³/mol. The number of carbonyl (C=O) groups excluding carboxylic acids is 1. The number of anilines is 1. The molecule has 0 saturated carbocycles. The molecule has 1 N–H and O–H groups in total. The summed E-state index contributed by atoms with van der Waals surface area (Å²) >= 11 is 2.45. The number of aromatic nitrogens is 3. The standard InChI is InChI=1S/C19H24N6O4S3/c1-12(2)16(22-32(28,29)15-5-4-10-30-15)17(27)23-6-8-24(9-7-23)19-21-25-13(3)11-14(26)20-18(25)31-19/h4-5,10-12,16,22H,6-9H2,1-3H3/t16-/m1/s1. The molecule has 1 aliphatic rings. The maximum Gasteiger partial charge on any atom is 0.274 e. The van der Waals surface area contributed by atoms with E-state index in [2.05, 4.69) is 14.8 Å². The third-order valence-corrected chi connectivity index (χ3v) is 9.07. The van der Waals surface area contributed by atoms with Crippen molar-refractivity contribution in [3.63, 3.8) is 0 Å². The van der Waals surface area contributed by atoms with Crippen LogP contribution in [0.15, 0.2) is 32.6 Å². The van der Waals surface area contributed by atoms with Crippen molar-refractivity contribution in [2.24, 2.45) is 5.92 Å². The summed E-state index contributed by atoms with van der Waals surface area (Å²) < 4.78 is 29.7. The molecule has 1 amide bonds. The number of sulfonamides is 1. The first kappa shape index (κ1) is 22.8. The van der Waals surface area contributed by atoms with E-state index in [1.54, 1.807) is 27.8 Å². The lowest BCUT2D eigenvalue weighted by molar-refractivity contribution is -0.134. The highest BCUT2D eigenvalue weighted by atomic mass is 32.2. The van der Waals surface area contributed by atoms with Gasteiger partial charge in [-0.25, -0.2) is 12.9 Å². The molecule has 0 bridgehead atoms. The minimum Gasteiger partial charge on any atom is -0.343 e. The maximum atomic E-state index is 13.2. The number of thiophene rings is 1. The van der Waals surface area contributed by atoms with Crippen molar-refractivity contribution in [1.82, 2.24) is 24.2 Å². The van der Waals surface area contributed by atoms with Crippen LogP contribution in [0.3, 0.4) is 0 Å². The zero-order valence-electron chi connectivity index (χ0n) is 17.9. The molecule has 3 aromatic rings. The van der Waals surface area contributed by atoms with E-state index in [1.165, 1.54) is 23.5 Å². The third kappa shape index (κ3) is 4.56. The number of hydrogen-bond donors (Lipinski definition) is 1. The van der Waals surface area contributed by atoms with Crippen molar-refractivity contribution in [3.8, 4) is 0 Å². The van der Waals surface area contributed by atoms with Gasteiger partial charge in [0.2, 0.25) is 16.0 Å². The van der Waals surface area contributed by atoms with Gasteiger partial charge in [0, 0.05) is 37.9 Å². The number of nitrogens with one attached hydrogen (secondary N) is 1. The molecule has 172 valence electrons. The van der Waals surface area contributed by atoms with Gasteiger partial charge in [0.05, 0.1) is 0 Å². The average Bonchev–Trinajstić information content (AvgIpc) is 3.42. The van der Waals surface area contributed by atoms with Crippen LogP contribution >= 0.6 is 22.7 Å². The first-order chi connectivity index (χ1) is 15.2. The molecule has 32 heavy (non-hydrogen) atoms. The molecule has 1 saturated heterocycles. The van der Waals surface area contributed by atoms with Gasteiger partial charge in [0.15, 0.2) is 0 Å². The van der Waals surface area contributed by atoms with Crippen LogP contribution in [-0.2, 0) is 14.8 Å². The van der Waals surface area contributed by atoms with Crippen molar-refractivity contribution < 1.29 is 13.2 Å². The number of nitrogens with zero attached hydrogens (tertiary/aromatic N) is 5. The SMILES string of the molecule is Cc1cc(=O)nc2sc(N3CCN(C(=O)[C@H](NS(=O)(=O)c4cccs4)C(C)C)CC3)nn12. The summed E-state index contributed by atoms with van der Waals surface area (Å²) in [7, 11) is -3.75. The summed E-state index contributed by atoms with van der Waals surface area (Å²) in [5.41, 5.74) is 0.423. The van der Waals surface area contributed by atoms with E-state index in [1.807, 2.05) is 18.7 Å². The first-order valence-electron chi connectivity index (χ1n) is 10.1. The topological polar surface area (TPSA) is 117 Å². The Balaban J connectivity index is 1.45. The lowest BCUT2D eigenvalue weighted by atomic mass is 10.0. The number of fused-ring (bicyclic) bond motifs is 1. The second kappa shape index (κ2) is 8.89. The number of carbonyl (C=O) groups is 1. The van der Waals surface area contributed by atoms with Gasteiger partial charge in [-0.2, -0.15) is 9.71 Å². The largest absolute Gasteiger partial charge is 0.343 e. The average molecular weight is 497 g/mol. The lowest BCUT2D eigenvalue weighted by Gasteiger charge is -2.36. The van der Waals surface area contributed by atoms with Gasteiger partial charge in [0.25, 0.3) is 15.6 Å². The van der Waals surface area contributed by atoms with Gasteiger partial charge >= 0.3 is 0 Å². The molecule has 0 aliphatic carbocycles. The Bertz CT molecular complexity index is 1270. The number of amides is 1. The number of piperazine rings is 1. The maximum absolute atomic E-state index is 13.2. The lowest BCUT2D eigenvalue weighted by Crippen LogP contribution is -2.56. The van der Waals surface area contributed by atoms with E-state index >= 15 is 0 Å². The van der Waals surface area contributed by atoms with Gasteiger partial charge in [-0.15, -0.1) is 16.4 Å². The molecular weight excluding hydrogens is 472 g/mol. The van der Waals surface area contributed by atoms with E-state index in [4.69, 9.17) is 0 Å². The van der Waals surface area contributed by atoms with E-state index in [0.29, 0.717) is 36.8 Å². The Morgan fingerprint density at radius 1 is 1.22 bits per heavy atom. The van der Waals surface area contributed by atoms with E-state index in [0.717, 1.165) is 16.5 Å². The zero-order valence-corrected chi connectivity index (χ0v) is 20.3. The predicted octanol–water partition coefficient (Wildman–Crippen LogP) is 1.17. The van der Waals surface area contributed by atoms with Crippen LogP contribution in [0.1, 0.15) is 19.5 Å². The second-order valence-electron chi connectivity index (χ2n) is 7.90. The van der Waals surface area contributed by atoms with Gasteiger partial charge in [-0.3, -0.25) is 9.59 Å². The molecule has 4 heterocycles. The smallest absolute Gasteiger partial charge is 0.274 e. The molecule has 0 spiro atoms. The van der Waals surface area contributed by atoms with Gasteiger partial charge in [0.1, 0.15) is 10.3 Å². The molecule has 4 rings (SSSR count). The Kier molecular flexibility index (Phi) is 6.34. The zero-order chi connectivity index (χ0) is 23.0. The van der Waals surface area contributed by atoms with Gasteiger partial charge < -0.3 is 9.80 Å². The minimum absolute atomic E-state index is 0.194. The van der Waals surface area contributed by atoms with Crippen LogP contribution in [0.2, 0.25) is 0 Å². The van der Waals surface area contributed by atoms with Crippen LogP contribution in [0, 0.1) is 12.8 Å². The highest BCUT2D eigenvalue weighted by molar-refractivity contribution is 7.91. The molecule has 0 aromatic carbocycles. The quantitative estimate of drug-likeness (QED) is 0.544. The Morgan fingerprint density at radius 3 is 2.56 bits per heavy atom. The van der Waals surface area contributed by atoms with Crippen LogP contribution in [0.5, 0.6) is 0 Å². The highest BCUT2D eigenvalue weighted by Gasteiger charge is 2.33. The Hall–Kier alpha value is -2.35. The number of rotatable bonds is 6. The van der Waals surface area contributed by atoms with E-state index < -0.39 is 16.1 Å². The van der Waals surface area contributed by atoms with E-state index in [-0.39, 0.29) is 21.6 Å². The fraction of sp³-hybridized carbons (Fsp3) is 0.474. The summed E-state index contributed by atoms with van der Waals surface area (Å²) in [6.45, 7) is 7.46. The van der Waals surface area contributed by atoms with Gasteiger partial charge in [-0.1, -0.05) is 31.3 Å². The third-order valence-electron chi connectivity index (χ3n) is 5.26. The van der Waals surface area contributed by atoms with Gasteiger partial charge in [-0.05, 0) is 24.3 Å². The molecule has 1 fully saturated rings. The van der Waals surface area contributed by atoms with Crippen molar-refractivity contribution in [2.45, 2.75) is 31.0 Å². The van der Waals surface area contributed by atoms with Crippen LogP contribution < -0.4 is 15.2 Å². The van der Waals surface area contributed by atoms with E-state index in [9.17, 15) is 18.0 Å². The molecule has 1 atom stereocenters. The summed E-state index contributed by atoms with van der Waals surface area (Å²) in [5, 5.41) is 6.98. The molecule has 13 heteroatoms. The fourth-order valence-electron chi connectivity index (χ4n) is 3.50. The first-order valence-corrected chi connectivity index (χ1v) is 13.3. The minimum atomic E-state index is -3.75. The second-order valence-corrected chi connectivity index (χ2v) is 11.7. The molecule has 1 aliphatic heterocycles. The number of aryl methyl sites for hydroxylation is 1. The highest BCUT2D eigenvalue weighted by Crippen LogP contribution is 2.24. The Labute approximate surface area is 193 Å². The molecule has 0 radical (unpaired) electrons. The van der Waals surface area contributed by atoms with Crippen LogP contribution in [0.4, 0.5) is 5.13 Å². The fourth-order valence-corrected chi connectivity index (χ4v) is 6.85. The van der Waals surface area contributed by atoms with Crippen LogP contribution in [0.25, 0.3) is 4.96 Å². The van der Waals surface area contributed by atoms with Crippen molar-refractivity contribution >= 4 is 48.7 Å². The Morgan fingerprint density at radius 2 is 1.94 bits per heavy atom. The van der Waals surface area contributed by atoms with Crippen LogP contribution in [-0.4, -0.2) is 66.0 Å². The summed E-state index contributed by atoms with van der Waals surface area (Å²) in [6, 6.07) is 3.79. The molecular formula is C19H24N6O4S3. The van der Waals surface area contributed by atoms with Crippen molar-refractivity contribution in [1.29, 1.82) is 0 Å². The monoisotopic (exact) mass is 496 g/mol. The number of hydrogen-bond acceptors (Lipinski definition) is 9. The van der Waals surface area contributed by atoms with Crippen molar-refractivity contribution in [3.05, 3.63) is 39.6 Å². The molecule has 10 nitrogen and oxygen atoms in total. The summed E-state index contributed by atoms with van der Waals surface area (Å²) in [5.74, 6) is -0.432.